The topological polar surface area (TPSA) is 61.8 Å². The summed E-state index contributed by atoms with van der Waals surface area (Å²) < 4.78 is 5.78. The number of aromatic nitrogens is 1. The number of nitrogens with zero attached hydrogens (tertiary/aromatic N) is 3. The van der Waals surface area contributed by atoms with Crippen LogP contribution in [0.3, 0.4) is 0 Å². The number of aliphatic imine (C=N–C) groups is 1. The van der Waals surface area contributed by atoms with Crippen molar-refractivity contribution in [3.63, 3.8) is 0 Å². The normalized spacial score (nSPS) is 11.3. The average Bonchev–Trinajstić information content (AvgIpc) is 3.16. The van der Waals surface area contributed by atoms with Gasteiger partial charge in [-0.05, 0) is 44.6 Å². The number of hydrogen-bond acceptors (Lipinski definition) is 5. The predicted molar refractivity (Wildman–Crippen MR) is 134 cm³/mol. The van der Waals surface area contributed by atoms with Crippen LogP contribution in [-0.4, -0.2) is 56.7 Å². The summed E-state index contributed by atoms with van der Waals surface area (Å²) in [5.41, 5.74) is 1.19. The van der Waals surface area contributed by atoms with Crippen molar-refractivity contribution < 1.29 is 4.74 Å². The molecule has 1 aromatic heterocycles. The second-order valence-electron chi connectivity index (χ2n) is 6.83. The van der Waals surface area contributed by atoms with E-state index in [9.17, 15) is 0 Å². The molecule has 0 aliphatic rings. The van der Waals surface area contributed by atoms with Crippen molar-refractivity contribution in [2.24, 2.45) is 4.99 Å². The molecule has 2 N–H and O–H groups in total. The van der Waals surface area contributed by atoms with Crippen molar-refractivity contribution in [2.75, 3.05) is 40.8 Å². The maximum absolute atomic E-state index is 5.78. The smallest absolute Gasteiger partial charge is 0.191 e. The molecule has 0 bridgehead atoms. The second-order valence-corrected chi connectivity index (χ2v) is 8.03. The van der Waals surface area contributed by atoms with Gasteiger partial charge in [-0.3, -0.25) is 4.99 Å². The molecule has 0 spiro atoms. The molecule has 0 radical (unpaired) electrons. The van der Waals surface area contributed by atoms with Gasteiger partial charge in [-0.15, -0.1) is 35.3 Å². The molecule has 2 rings (SSSR count). The van der Waals surface area contributed by atoms with E-state index >= 15 is 0 Å². The highest BCUT2D eigenvalue weighted by Gasteiger charge is 2.03. The summed E-state index contributed by atoms with van der Waals surface area (Å²) in [5.74, 6) is 1.72. The summed E-state index contributed by atoms with van der Waals surface area (Å²) in [4.78, 5) is 12.2. The van der Waals surface area contributed by atoms with Gasteiger partial charge in [-0.1, -0.05) is 19.1 Å². The Bertz CT molecular complexity index is 718. The third kappa shape index (κ3) is 10.3. The summed E-state index contributed by atoms with van der Waals surface area (Å²) in [6.07, 6.45) is 4.96. The Balaban J connectivity index is 0.00000420. The number of benzene rings is 1. The van der Waals surface area contributed by atoms with E-state index in [1.165, 1.54) is 15.4 Å². The van der Waals surface area contributed by atoms with Crippen LogP contribution < -0.4 is 15.4 Å². The SMILES string of the molecule is CCc1cnc(CCNC(=NC)NCc2ccc(OCCCN(C)C)cc2)s1.I. The Morgan fingerprint density at radius 3 is 2.59 bits per heavy atom. The Labute approximate surface area is 196 Å². The molecule has 0 saturated carbocycles. The van der Waals surface area contributed by atoms with Gasteiger partial charge >= 0.3 is 0 Å². The van der Waals surface area contributed by atoms with Gasteiger partial charge in [0.25, 0.3) is 0 Å². The first-order chi connectivity index (χ1) is 13.6. The van der Waals surface area contributed by atoms with Crippen LogP contribution in [0.4, 0.5) is 0 Å². The molecule has 0 fully saturated rings. The van der Waals surface area contributed by atoms with Gasteiger partial charge in [-0.2, -0.15) is 0 Å². The van der Waals surface area contributed by atoms with E-state index in [4.69, 9.17) is 4.74 Å². The maximum Gasteiger partial charge on any atom is 0.191 e. The number of guanidine groups is 1. The van der Waals surface area contributed by atoms with E-state index in [0.717, 1.165) is 57.2 Å². The van der Waals surface area contributed by atoms with Crippen molar-refractivity contribution in [1.29, 1.82) is 0 Å². The number of ether oxygens (including phenoxy) is 1. The largest absolute Gasteiger partial charge is 0.494 e. The van der Waals surface area contributed by atoms with E-state index in [0.29, 0.717) is 0 Å². The van der Waals surface area contributed by atoms with E-state index in [1.807, 2.05) is 18.3 Å². The predicted octanol–water partition coefficient (Wildman–Crippen LogP) is 3.56. The first-order valence-corrected chi connectivity index (χ1v) is 10.7. The number of nitrogens with one attached hydrogen (secondary N) is 2. The Morgan fingerprint density at radius 1 is 1.21 bits per heavy atom. The van der Waals surface area contributed by atoms with Gasteiger partial charge in [0.2, 0.25) is 0 Å². The summed E-state index contributed by atoms with van der Waals surface area (Å²) >= 11 is 1.79. The molecular weight excluding hydrogens is 497 g/mol. The van der Waals surface area contributed by atoms with Crippen LogP contribution in [0.15, 0.2) is 35.5 Å². The molecule has 1 heterocycles. The Kier molecular flexibility index (Phi) is 12.9. The molecule has 0 saturated heterocycles. The molecule has 0 amide bonds. The zero-order chi connectivity index (χ0) is 20.2. The average molecular weight is 532 g/mol. The molecule has 29 heavy (non-hydrogen) atoms. The van der Waals surface area contributed by atoms with Crippen molar-refractivity contribution >= 4 is 41.3 Å². The number of aryl methyl sites for hydroxylation is 1. The van der Waals surface area contributed by atoms with Gasteiger partial charge in [0.05, 0.1) is 11.6 Å². The third-order valence-electron chi connectivity index (χ3n) is 4.21. The minimum absolute atomic E-state index is 0. The molecule has 1 aromatic carbocycles. The lowest BCUT2D eigenvalue weighted by Crippen LogP contribution is -2.37. The van der Waals surface area contributed by atoms with Crippen molar-refractivity contribution in [1.82, 2.24) is 20.5 Å². The molecule has 6 nitrogen and oxygen atoms in total. The molecule has 162 valence electrons. The highest BCUT2D eigenvalue weighted by atomic mass is 127. The first kappa shape index (κ1) is 25.6. The van der Waals surface area contributed by atoms with Crippen molar-refractivity contribution in [3.05, 3.63) is 45.9 Å². The van der Waals surface area contributed by atoms with Crippen LogP contribution in [0.2, 0.25) is 0 Å². The summed E-state index contributed by atoms with van der Waals surface area (Å²) in [5, 5.41) is 7.86. The number of halogens is 1. The van der Waals surface area contributed by atoms with Crippen LogP contribution in [-0.2, 0) is 19.4 Å². The van der Waals surface area contributed by atoms with E-state index in [2.05, 4.69) is 58.7 Å². The number of hydrogen-bond donors (Lipinski definition) is 2. The Hall–Kier alpha value is -1.39. The second kappa shape index (κ2) is 14.6. The molecule has 0 aliphatic carbocycles. The van der Waals surface area contributed by atoms with Gasteiger partial charge in [0.1, 0.15) is 5.75 Å². The molecule has 0 atom stereocenters. The van der Waals surface area contributed by atoms with E-state index in [-0.39, 0.29) is 24.0 Å². The van der Waals surface area contributed by atoms with Crippen molar-refractivity contribution in [3.8, 4) is 5.75 Å². The zero-order valence-corrected chi connectivity index (χ0v) is 21.0. The fraction of sp³-hybridized carbons (Fsp3) is 0.524. The molecule has 8 heteroatoms. The molecular formula is C21H34IN5OS. The first-order valence-electron chi connectivity index (χ1n) is 9.85. The lowest BCUT2D eigenvalue weighted by Gasteiger charge is -2.12. The van der Waals surface area contributed by atoms with Crippen molar-refractivity contribution in [2.45, 2.75) is 32.7 Å². The zero-order valence-electron chi connectivity index (χ0n) is 17.9. The highest BCUT2D eigenvalue weighted by molar-refractivity contribution is 14.0. The molecule has 2 aromatic rings. The number of rotatable bonds is 11. The van der Waals surface area contributed by atoms with Gasteiger partial charge in [0, 0.05) is 44.2 Å². The van der Waals surface area contributed by atoms with Crippen LogP contribution in [0.1, 0.15) is 28.8 Å². The van der Waals surface area contributed by atoms with Gasteiger partial charge < -0.3 is 20.3 Å². The minimum Gasteiger partial charge on any atom is -0.494 e. The van der Waals surface area contributed by atoms with E-state index < -0.39 is 0 Å². The summed E-state index contributed by atoms with van der Waals surface area (Å²) in [7, 11) is 5.94. The summed E-state index contributed by atoms with van der Waals surface area (Å²) in [6, 6.07) is 8.22. The quantitative estimate of drug-likeness (QED) is 0.201. The van der Waals surface area contributed by atoms with Crippen LogP contribution in [0.25, 0.3) is 0 Å². The third-order valence-corrected chi connectivity index (χ3v) is 5.41. The minimum atomic E-state index is 0. The van der Waals surface area contributed by atoms with E-state index in [1.54, 1.807) is 18.4 Å². The lowest BCUT2D eigenvalue weighted by molar-refractivity contribution is 0.281. The summed E-state index contributed by atoms with van der Waals surface area (Å²) in [6.45, 7) is 5.47. The highest BCUT2D eigenvalue weighted by Crippen LogP contribution is 2.14. The van der Waals surface area contributed by atoms with Crippen LogP contribution in [0.5, 0.6) is 5.75 Å². The Morgan fingerprint density at radius 2 is 1.97 bits per heavy atom. The van der Waals surface area contributed by atoms with Gasteiger partial charge in [-0.25, -0.2) is 4.98 Å². The fourth-order valence-corrected chi connectivity index (χ4v) is 3.46. The maximum atomic E-state index is 5.78. The van der Waals surface area contributed by atoms with Crippen LogP contribution in [0, 0.1) is 0 Å². The van der Waals surface area contributed by atoms with Gasteiger partial charge in [0.15, 0.2) is 5.96 Å². The number of thiazole rings is 1. The lowest BCUT2D eigenvalue weighted by atomic mass is 10.2. The molecule has 0 unspecified atom stereocenters. The fourth-order valence-electron chi connectivity index (χ4n) is 2.60. The van der Waals surface area contributed by atoms with Crippen LogP contribution >= 0.6 is 35.3 Å². The molecule has 0 aliphatic heterocycles. The monoisotopic (exact) mass is 531 g/mol. The standard InChI is InChI=1S/C21H33N5OS.HI/c1-5-19-16-24-20(28-19)11-12-23-21(22-2)25-15-17-7-9-18(10-8-17)27-14-6-13-26(3)4;/h7-10,16H,5-6,11-15H2,1-4H3,(H2,22,23,25);1H.